The van der Waals surface area contributed by atoms with Crippen LogP contribution in [0, 0.1) is 0 Å². The molecule has 0 unspecified atom stereocenters. The van der Waals surface area contributed by atoms with E-state index in [2.05, 4.69) is 10.1 Å². The van der Waals surface area contributed by atoms with Crippen molar-refractivity contribution < 1.29 is 19.1 Å². The highest BCUT2D eigenvalue weighted by Crippen LogP contribution is 2.08. The first-order valence-electron chi connectivity index (χ1n) is 4.23. The van der Waals surface area contributed by atoms with Gasteiger partial charge in [0.05, 0.1) is 12.4 Å². The Balaban J connectivity index is 2.35. The Morgan fingerprint density at radius 3 is 2.73 bits per heavy atom. The van der Waals surface area contributed by atoms with Gasteiger partial charge in [-0.3, -0.25) is 14.9 Å². The molecule has 0 saturated carbocycles. The number of imide groups is 1. The van der Waals surface area contributed by atoms with Gasteiger partial charge in [0.2, 0.25) is 0 Å². The van der Waals surface area contributed by atoms with E-state index in [1.807, 2.05) is 5.32 Å². The highest BCUT2D eigenvalue weighted by molar-refractivity contribution is 8.02. The van der Waals surface area contributed by atoms with Crippen LogP contribution in [-0.4, -0.2) is 30.3 Å². The summed E-state index contributed by atoms with van der Waals surface area (Å²) >= 11 is 1.09. The van der Waals surface area contributed by atoms with Gasteiger partial charge in [0, 0.05) is 5.41 Å². The van der Waals surface area contributed by atoms with E-state index >= 15 is 0 Å². The smallest absolute Gasteiger partial charge is 0.326 e. The molecule has 6 nitrogen and oxygen atoms in total. The molecule has 1 aliphatic heterocycles. The van der Waals surface area contributed by atoms with E-state index in [9.17, 15) is 14.4 Å². The summed E-state index contributed by atoms with van der Waals surface area (Å²) in [6, 6.07) is -0.553. The fraction of sp³-hybridized carbons (Fsp3) is 0.375. The summed E-state index contributed by atoms with van der Waals surface area (Å²) in [6.45, 7) is 2.04. The topological polar surface area (TPSA) is 84.5 Å². The van der Waals surface area contributed by atoms with Crippen LogP contribution in [0.15, 0.2) is 11.1 Å². The second kappa shape index (κ2) is 5.40. The van der Waals surface area contributed by atoms with Gasteiger partial charge in [0.15, 0.2) is 0 Å². The summed E-state index contributed by atoms with van der Waals surface area (Å²) in [5, 5.41) is 5.76. The van der Waals surface area contributed by atoms with Crippen molar-refractivity contribution >= 4 is 29.7 Å². The lowest BCUT2D eigenvalue weighted by atomic mass is 10.5. The third-order valence-corrected chi connectivity index (χ3v) is 2.23. The van der Waals surface area contributed by atoms with Gasteiger partial charge in [0.25, 0.3) is 5.91 Å². The number of nitrogens with one attached hydrogen (secondary N) is 2. The van der Waals surface area contributed by atoms with Gasteiger partial charge in [-0.05, 0) is 6.92 Å². The van der Waals surface area contributed by atoms with Gasteiger partial charge in [0.1, 0.15) is 5.70 Å². The van der Waals surface area contributed by atoms with E-state index in [0.29, 0.717) is 6.61 Å². The third-order valence-electron chi connectivity index (χ3n) is 1.43. The maximum atomic E-state index is 11.0. The first-order valence-corrected chi connectivity index (χ1v) is 5.28. The zero-order chi connectivity index (χ0) is 11.3. The van der Waals surface area contributed by atoms with Gasteiger partial charge in [-0.25, -0.2) is 4.79 Å². The molecule has 0 atom stereocenters. The van der Waals surface area contributed by atoms with Crippen molar-refractivity contribution in [3.63, 3.8) is 0 Å². The molecule has 0 aliphatic carbocycles. The van der Waals surface area contributed by atoms with Crippen LogP contribution in [0.2, 0.25) is 0 Å². The normalized spacial score (nSPS) is 17.5. The lowest BCUT2D eigenvalue weighted by molar-refractivity contribution is -0.139. The quantitative estimate of drug-likeness (QED) is 0.402. The maximum Gasteiger partial charge on any atom is 0.326 e. The molecule has 0 aromatic carbocycles. The Kier molecular flexibility index (Phi) is 4.17. The van der Waals surface area contributed by atoms with Crippen molar-refractivity contribution in [3.05, 3.63) is 11.1 Å². The highest BCUT2D eigenvalue weighted by Gasteiger charge is 2.22. The first kappa shape index (κ1) is 11.6. The molecule has 1 heterocycles. The molecular formula is C8H10N2O4S. The van der Waals surface area contributed by atoms with Gasteiger partial charge in [-0.1, -0.05) is 0 Å². The lowest BCUT2D eigenvalue weighted by Gasteiger charge is -1.98. The molecule has 1 fully saturated rings. The van der Waals surface area contributed by atoms with Gasteiger partial charge in [-0.15, -0.1) is 11.8 Å². The number of thioether (sulfide) groups is 1. The van der Waals surface area contributed by atoms with Crippen LogP contribution in [-0.2, 0) is 14.3 Å². The molecule has 0 bridgehead atoms. The van der Waals surface area contributed by atoms with Crippen molar-refractivity contribution in [2.75, 3.05) is 12.4 Å². The average molecular weight is 230 g/mol. The molecule has 2 N–H and O–H groups in total. The molecule has 0 aromatic heterocycles. The molecule has 0 spiro atoms. The molecule has 1 aliphatic rings. The summed E-state index contributed by atoms with van der Waals surface area (Å²) in [7, 11) is 0. The second-order valence-corrected chi connectivity index (χ2v) is 3.41. The molecule has 0 aromatic rings. The van der Waals surface area contributed by atoms with Crippen molar-refractivity contribution in [2.24, 2.45) is 0 Å². The zero-order valence-corrected chi connectivity index (χ0v) is 8.85. The second-order valence-electron chi connectivity index (χ2n) is 2.56. The van der Waals surface area contributed by atoms with Crippen LogP contribution in [0.25, 0.3) is 0 Å². The Hall–Kier alpha value is -1.50. The number of carbonyl (C=O) groups is 3. The summed E-state index contributed by atoms with van der Waals surface area (Å²) in [4.78, 5) is 32.6. The van der Waals surface area contributed by atoms with E-state index in [-0.39, 0.29) is 17.4 Å². The number of ether oxygens (including phenoxy) is 1. The number of esters is 1. The predicted octanol–water partition coefficient (Wildman–Crippen LogP) is -0.0365. The molecule has 15 heavy (non-hydrogen) atoms. The standard InChI is InChI=1S/C8H10N2O4S/c1-2-14-6(11)4-15-3-5-7(12)10-8(13)9-5/h3H,2,4H2,1H3,(H2,9,10,12,13)/b5-3+. The monoisotopic (exact) mass is 230 g/mol. The van der Waals surface area contributed by atoms with E-state index in [1.54, 1.807) is 6.92 Å². The van der Waals surface area contributed by atoms with Crippen LogP contribution < -0.4 is 10.6 Å². The Morgan fingerprint density at radius 1 is 1.47 bits per heavy atom. The fourth-order valence-corrected chi connectivity index (χ4v) is 1.49. The molecule has 7 heteroatoms. The Morgan fingerprint density at radius 2 is 2.20 bits per heavy atom. The molecule has 0 radical (unpaired) electrons. The molecule has 82 valence electrons. The minimum absolute atomic E-state index is 0.112. The number of amides is 3. The number of urea groups is 1. The lowest BCUT2D eigenvalue weighted by Crippen LogP contribution is -2.22. The van der Waals surface area contributed by atoms with Gasteiger partial charge in [-0.2, -0.15) is 0 Å². The predicted molar refractivity (Wildman–Crippen MR) is 53.8 cm³/mol. The zero-order valence-electron chi connectivity index (χ0n) is 8.03. The van der Waals surface area contributed by atoms with E-state index in [4.69, 9.17) is 0 Å². The van der Waals surface area contributed by atoms with E-state index < -0.39 is 11.9 Å². The summed E-state index contributed by atoms with van der Waals surface area (Å²) < 4.78 is 4.68. The SMILES string of the molecule is CCOC(=O)CS/C=C1/NC(=O)NC1=O. The molecule has 1 saturated heterocycles. The minimum atomic E-state index is -0.553. The first-order chi connectivity index (χ1) is 7.13. The van der Waals surface area contributed by atoms with E-state index in [1.165, 1.54) is 5.41 Å². The maximum absolute atomic E-state index is 11.0. The van der Waals surface area contributed by atoms with Crippen LogP contribution in [0.1, 0.15) is 6.92 Å². The summed E-state index contributed by atoms with van der Waals surface area (Å²) in [6.07, 6.45) is 0. The fourth-order valence-electron chi connectivity index (χ4n) is 0.859. The van der Waals surface area contributed by atoms with Crippen molar-refractivity contribution in [1.29, 1.82) is 0 Å². The number of rotatable bonds is 4. The van der Waals surface area contributed by atoms with Crippen molar-refractivity contribution in [1.82, 2.24) is 10.6 Å². The van der Waals surface area contributed by atoms with Gasteiger partial charge < -0.3 is 10.1 Å². The third kappa shape index (κ3) is 3.62. The summed E-state index contributed by atoms with van der Waals surface area (Å²) in [5.74, 6) is -0.735. The van der Waals surface area contributed by atoms with Crippen molar-refractivity contribution in [2.45, 2.75) is 6.92 Å². The van der Waals surface area contributed by atoms with Crippen LogP contribution in [0.5, 0.6) is 0 Å². The number of carbonyl (C=O) groups excluding carboxylic acids is 3. The minimum Gasteiger partial charge on any atom is -0.465 e. The number of hydrogen-bond acceptors (Lipinski definition) is 5. The van der Waals surface area contributed by atoms with Crippen LogP contribution in [0.4, 0.5) is 4.79 Å². The molecular weight excluding hydrogens is 220 g/mol. The number of hydrogen-bond donors (Lipinski definition) is 2. The van der Waals surface area contributed by atoms with E-state index in [0.717, 1.165) is 11.8 Å². The molecule has 1 rings (SSSR count). The Labute approximate surface area is 90.4 Å². The highest BCUT2D eigenvalue weighted by atomic mass is 32.2. The van der Waals surface area contributed by atoms with Gasteiger partial charge >= 0.3 is 12.0 Å². The summed E-state index contributed by atoms with van der Waals surface area (Å²) in [5.41, 5.74) is 0.147. The largest absolute Gasteiger partial charge is 0.465 e. The van der Waals surface area contributed by atoms with Crippen LogP contribution in [0.3, 0.4) is 0 Å². The Bertz CT molecular complexity index is 327. The van der Waals surface area contributed by atoms with Crippen molar-refractivity contribution in [3.8, 4) is 0 Å². The average Bonchev–Trinajstić information content (AvgIpc) is 2.46. The van der Waals surface area contributed by atoms with Crippen LogP contribution >= 0.6 is 11.8 Å². The molecule has 3 amide bonds.